The van der Waals surface area contributed by atoms with Gasteiger partial charge in [-0.25, -0.2) is 0 Å². The van der Waals surface area contributed by atoms with E-state index in [1.807, 2.05) is 13.8 Å². The molecule has 0 saturated carbocycles. The van der Waals surface area contributed by atoms with Crippen molar-refractivity contribution >= 4 is 11.6 Å². The first kappa shape index (κ1) is 13.4. The van der Waals surface area contributed by atoms with Gasteiger partial charge in [0, 0.05) is 32.1 Å². The molecule has 17 heavy (non-hydrogen) atoms. The highest BCUT2D eigenvalue weighted by Crippen LogP contribution is 2.06. The summed E-state index contributed by atoms with van der Waals surface area (Å²) in [7, 11) is 1.80. The maximum Gasteiger partial charge on any atom is 0.270 e. The van der Waals surface area contributed by atoms with E-state index >= 15 is 0 Å². The van der Waals surface area contributed by atoms with E-state index in [0.717, 1.165) is 5.69 Å². The molecule has 0 aliphatic heterocycles. The van der Waals surface area contributed by atoms with Crippen LogP contribution in [0.5, 0.6) is 0 Å². The second-order valence-corrected chi connectivity index (χ2v) is 3.66. The molecule has 1 heterocycles. The van der Waals surface area contributed by atoms with E-state index in [9.17, 15) is 4.79 Å². The minimum atomic E-state index is -0.186. The zero-order valence-corrected chi connectivity index (χ0v) is 10.5. The average Bonchev–Trinajstić information content (AvgIpc) is 2.36. The Morgan fingerprint density at radius 1 is 1.59 bits per heavy atom. The maximum atomic E-state index is 11.8. The topological polar surface area (TPSA) is 63.2 Å². The summed E-state index contributed by atoms with van der Waals surface area (Å²) in [5.74, 6) is -0.186. The molecule has 0 radical (unpaired) electrons. The third-order valence-corrected chi connectivity index (χ3v) is 2.28. The van der Waals surface area contributed by atoms with Crippen molar-refractivity contribution in [2.24, 2.45) is 0 Å². The van der Waals surface area contributed by atoms with Crippen molar-refractivity contribution in [1.82, 2.24) is 10.3 Å². The number of ether oxygens (including phenoxy) is 1. The molecule has 2 N–H and O–H groups in total. The van der Waals surface area contributed by atoms with Crippen LogP contribution in [0.1, 0.15) is 24.3 Å². The van der Waals surface area contributed by atoms with Crippen molar-refractivity contribution in [3.63, 3.8) is 0 Å². The first-order valence-electron chi connectivity index (χ1n) is 5.71. The predicted molar refractivity (Wildman–Crippen MR) is 67.2 cm³/mol. The summed E-state index contributed by atoms with van der Waals surface area (Å²) in [6.45, 7) is 4.97. The van der Waals surface area contributed by atoms with Gasteiger partial charge in [0.2, 0.25) is 0 Å². The van der Waals surface area contributed by atoms with Crippen LogP contribution >= 0.6 is 0 Å². The largest absolute Gasteiger partial charge is 0.388 e. The van der Waals surface area contributed by atoms with E-state index in [2.05, 4.69) is 15.6 Å². The molecule has 0 bridgehead atoms. The van der Waals surface area contributed by atoms with E-state index in [1.54, 1.807) is 25.4 Å². The molecule has 1 atom stereocenters. The molecule has 5 heteroatoms. The Balaban J connectivity index is 2.51. The van der Waals surface area contributed by atoms with Crippen molar-refractivity contribution in [2.75, 3.05) is 25.5 Å². The van der Waals surface area contributed by atoms with Gasteiger partial charge in [0.05, 0.1) is 6.10 Å². The molecule has 0 spiro atoms. The molecule has 1 amide bonds. The summed E-state index contributed by atoms with van der Waals surface area (Å²) < 4.78 is 5.33. The highest BCUT2D eigenvalue weighted by atomic mass is 16.5. The number of carbonyl (C=O) groups excluding carboxylic acids is 1. The number of hydrogen-bond acceptors (Lipinski definition) is 4. The van der Waals surface area contributed by atoms with Crippen LogP contribution in [0.3, 0.4) is 0 Å². The molecular formula is C12H19N3O2. The number of rotatable bonds is 6. The second-order valence-electron chi connectivity index (χ2n) is 3.66. The lowest BCUT2D eigenvalue weighted by molar-refractivity contribution is 0.0693. The van der Waals surface area contributed by atoms with Crippen LogP contribution in [0.25, 0.3) is 0 Å². The van der Waals surface area contributed by atoms with Gasteiger partial charge in [-0.2, -0.15) is 0 Å². The highest BCUT2D eigenvalue weighted by Gasteiger charge is 2.09. The van der Waals surface area contributed by atoms with Crippen molar-refractivity contribution in [2.45, 2.75) is 20.0 Å². The monoisotopic (exact) mass is 237 g/mol. The van der Waals surface area contributed by atoms with E-state index in [0.29, 0.717) is 18.8 Å². The third kappa shape index (κ3) is 4.40. The molecule has 94 valence electrons. The van der Waals surface area contributed by atoms with Crippen LogP contribution in [-0.4, -0.2) is 37.2 Å². The van der Waals surface area contributed by atoms with Gasteiger partial charge in [0.1, 0.15) is 5.69 Å². The number of pyridine rings is 1. The first-order valence-corrected chi connectivity index (χ1v) is 5.71. The quantitative estimate of drug-likeness (QED) is 0.782. The van der Waals surface area contributed by atoms with Crippen molar-refractivity contribution < 1.29 is 9.53 Å². The van der Waals surface area contributed by atoms with Gasteiger partial charge < -0.3 is 15.4 Å². The van der Waals surface area contributed by atoms with Crippen LogP contribution in [-0.2, 0) is 4.74 Å². The van der Waals surface area contributed by atoms with Crippen LogP contribution in [0.4, 0.5) is 5.69 Å². The van der Waals surface area contributed by atoms with Gasteiger partial charge in [0.25, 0.3) is 5.91 Å². The summed E-state index contributed by atoms with van der Waals surface area (Å²) in [5.41, 5.74) is 1.27. The second kappa shape index (κ2) is 6.85. The van der Waals surface area contributed by atoms with Gasteiger partial charge >= 0.3 is 0 Å². The summed E-state index contributed by atoms with van der Waals surface area (Å²) in [4.78, 5) is 15.8. The smallest absolute Gasteiger partial charge is 0.270 e. The van der Waals surface area contributed by atoms with Crippen LogP contribution < -0.4 is 10.6 Å². The lowest BCUT2D eigenvalue weighted by Crippen LogP contribution is -2.32. The fourth-order valence-corrected chi connectivity index (χ4v) is 1.38. The molecule has 5 nitrogen and oxygen atoms in total. The number of nitrogens with zero attached hydrogens (tertiary/aromatic N) is 1. The molecular weight excluding hydrogens is 218 g/mol. The lowest BCUT2D eigenvalue weighted by atomic mass is 10.3. The molecule has 0 fully saturated rings. The minimum absolute atomic E-state index is 0.0106. The van der Waals surface area contributed by atoms with Crippen molar-refractivity contribution in [3.05, 3.63) is 24.0 Å². The molecule has 1 unspecified atom stereocenters. The Morgan fingerprint density at radius 2 is 2.35 bits per heavy atom. The Kier molecular flexibility index (Phi) is 5.42. The van der Waals surface area contributed by atoms with Crippen LogP contribution in [0.2, 0.25) is 0 Å². The van der Waals surface area contributed by atoms with E-state index in [-0.39, 0.29) is 12.0 Å². The summed E-state index contributed by atoms with van der Waals surface area (Å²) in [5, 5.41) is 5.74. The Bertz CT molecular complexity index is 369. The van der Waals surface area contributed by atoms with E-state index < -0.39 is 0 Å². The highest BCUT2D eigenvalue weighted by molar-refractivity contribution is 5.93. The fraction of sp³-hybridized carbons (Fsp3) is 0.500. The van der Waals surface area contributed by atoms with Gasteiger partial charge in [0.15, 0.2) is 0 Å². The van der Waals surface area contributed by atoms with Gasteiger partial charge in [-0.15, -0.1) is 0 Å². The number of anilines is 1. The minimum Gasteiger partial charge on any atom is -0.388 e. The number of carbonyl (C=O) groups is 1. The zero-order chi connectivity index (χ0) is 12.7. The van der Waals surface area contributed by atoms with Gasteiger partial charge in [-0.05, 0) is 26.0 Å². The molecule has 0 aliphatic rings. The van der Waals surface area contributed by atoms with Crippen LogP contribution in [0, 0.1) is 0 Å². The summed E-state index contributed by atoms with van der Waals surface area (Å²) in [6, 6.07) is 3.51. The Hall–Kier alpha value is -1.62. The summed E-state index contributed by atoms with van der Waals surface area (Å²) >= 11 is 0. The molecule has 1 aromatic rings. The van der Waals surface area contributed by atoms with E-state index in [1.165, 1.54) is 0 Å². The Labute approximate surface area is 102 Å². The average molecular weight is 237 g/mol. The molecule has 0 aliphatic carbocycles. The molecule has 1 aromatic heterocycles. The van der Waals surface area contributed by atoms with Crippen molar-refractivity contribution in [1.29, 1.82) is 0 Å². The number of nitrogens with one attached hydrogen (secondary N) is 2. The molecule has 0 saturated heterocycles. The molecule has 1 rings (SSSR count). The van der Waals surface area contributed by atoms with E-state index in [4.69, 9.17) is 4.74 Å². The lowest BCUT2D eigenvalue weighted by Gasteiger charge is -2.12. The third-order valence-electron chi connectivity index (χ3n) is 2.28. The number of amides is 1. The summed E-state index contributed by atoms with van der Waals surface area (Å²) in [6.07, 6.45) is 1.61. The number of hydrogen-bond donors (Lipinski definition) is 2. The zero-order valence-electron chi connectivity index (χ0n) is 10.5. The number of aromatic nitrogens is 1. The standard InChI is InChI=1S/C12H19N3O2/c1-4-17-9(2)8-15-12(16)11-7-10(13-3)5-6-14-11/h5-7,9H,4,8H2,1-3H3,(H,13,14)(H,15,16). The predicted octanol–water partition coefficient (Wildman–Crippen LogP) is 1.28. The normalized spacial score (nSPS) is 11.9. The van der Waals surface area contributed by atoms with Gasteiger partial charge in [-0.1, -0.05) is 0 Å². The fourth-order valence-electron chi connectivity index (χ4n) is 1.38. The SMILES string of the molecule is CCOC(C)CNC(=O)c1cc(NC)ccn1. The maximum absolute atomic E-state index is 11.8. The van der Waals surface area contributed by atoms with Crippen LogP contribution in [0.15, 0.2) is 18.3 Å². The Morgan fingerprint density at radius 3 is 3.00 bits per heavy atom. The van der Waals surface area contributed by atoms with Crippen molar-refractivity contribution in [3.8, 4) is 0 Å². The molecule has 0 aromatic carbocycles. The first-order chi connectivity index (χ1) is 8.17. The van der Waals surface area contributed by atoms with Gasteiger partial charge in [-0.3, -0.25) is 9.78 Å².